The normalized spacial score (nSPS) is 12.9. The molecule has 0 aliphatic rings. The maximum absolute atomic E-state index is 5.88. The minimum Gasteiger partial charge on any atom is -0.497 e. The minimum atomic E-state index is 0.225. The highest BCUT2D eigenvalue weighted by Gasteiger charge is 2.06. The van der Waals surface area contributed by atoms with Gasteiger partial charge in [-0.15, -0.1) is 0 Å². The number of thioether (sulfide) groups is 1. The van der Waals surface area contributed by atoms with Crippen molar-refractivity contribution in [2.24, 2.45) is 5.73 Å². The van der Waals surface area contributed by atoms with E-state index in [4.69, 9.17) is 10.5 Å². The standard InChI is InChI=1S/C12H17N3OS/c1-3-8(13)7-17-12-14-10-5-4-9(16-2)6-11(10)15-12/h4-6,8H,3,7,13H2,1-2H3,(H,14,15). The second-order valence-electron chi connectivity index (χ2n) is 3.90. The van der Waals surface area contributed by atoms with Crippen LogP contribution >= 0.6 is 11.8 Å². The van der Waals surface area contributed by atoms with E-state index < -0.39 is 0 Å². The molecular formula is C12H17N3OS. The van der Waals surface area contributed by atoms with Gasteiger partial charge in [0.2, 0.25) is 0 Å². The Kier molecular flexibility index (Phi) is 3.91. The molecule has 2 aromatic rings. The summed E-state index contributed by atoms with van der Waals surface area (Å²) in [5.41, 5.74) is 7.83. The highest BCUT2D eigenvalue weighted by Crippen LogP contribution is 2.23. The fourth-order valence-electron chi connectivity index (χ4n) is 1.46. The summed E-state index contributed by atoms with van der Waals surface area (Å²) in [7, 11) is 1.66. The molecule has 0 fully saturated rings. The van der Waals surface area contributed by atoms with Crippen LogP contribution in [0.5, 0.6) is 5.75 Å². The van der Waals surface area contributed by atoms with Gasteiger partial charge in [0.1, 0.15) is 5.75 Å². The van der Waals surface area contributed by atoms with E-state index in [2.05, 4.69) is 16.9 Å². The van der Waals surface area contributed by atoms with Crippen LogP contribution in [-0.2, 0) is 0 Å². The molecule has 1 unspecified atom stereocenters. The third-order valence-corrected chi connectivity index (χ3v) is 3.69. The molecule has 1 aromatic heterocycles. The smallest absolute Gasteiger partial charge is 0.166 e. The van der Waals surface area contributed by atoms with Crippen LogP contribution in [0.3, 0.4) is 0 Å². The van der Waals surface area contributed by atoms with Gasteiger partial charge in [0.25, 0.3) is 0 Å². The summed E-state index contributed by atoms with van der Waals surface area (Å²) < 4.78 is 5.17. The van der Waals surface area contributed by atoms with Crippen molar-refractivity contribution in [3.63, 3.8) is 0 Å². The van der Waals surface area contributed by atoms with Crippen LogP contribution in [0.25, 0.3) is 11.0 Å². The Bertz CT molecular complexity index is 497. The summed E-state index contributed by atoms with van der Waals surface area (Å²) in [6.45, 7) is 2.09. The number of aromatic nitrogens is 2. The number of rotatable bonds is 5. The number of H-pyrrole nitrogens is 1. The summed E-state index contributed by atoms with van der Waals surface area (Å²) in [4.78, 5) is 7.76. The SMILES string of the molecule is CCC(N)CSc1nc2ccc(OC)cc2[nH]1. The maximum Gasteiger partial charge on any atom is 0.166 e. The van der Waals surface area contributed by atoms with E-state index in [9.17, 15) is 0 Å². The van der Waals surface area contributed by atoms with Crippen LogP contribution in [0.1, 0.15) is 13.3 Å². The summed E-state index contributed by atoms with van der Waals surface area (Å²) in [6, 6.07) is 6.04. The molecule has 0 amide bonds. The quantitative estimate of drug-likeness (QED) is 0.801. The van der Waals surface area contributed by atoms with Crippen molar-refractivity contribution in [2.75, 3.05) is 12.9 Å². The Morgan fingerprint density at radius 1 is 1.53 bits per heavy atom. The Labute approximate surface area is 105 Å². The molecule has 0 radical (unpaired) electrons. The summed E-state index contributed by atoms with van der Waals surface area (Å²) >= 11 is 1.66. The van der Waals surface area contributed by atoms with Crippen LogP contribution in [-0.4, -0.2) is 28.9 Å². The number of nitrogens with one attached hydrogen (secondary N) is 1. The van der Waals surface area contributed by atoms with E-state index in [0.717, 1.165) is 34.1 Å². The predicted molar refractivity (Wildman–Crippen MR) is 71.6 cm³/mol. The molecule has 4 nitrogen and oxygen atoms in total. The van der Waals surface area contributed by atoms with Crippen molar-refractivity contribution in [3.8, 4) is 5.75 Å². The third-order valence-electron chi connectivity index (χ3n) is 2.63. The van der Waals surface area contributed by atoms with Crippen LogP contribution in [0.4, 0.5) is 0 Å². The van der Waals surface area contributed by atoms with Crippen LogP contribution < -0.4 is 10.5 Å². The Morgan fingerprint density at radius 3 is 3.06 bits per heavy atom. The van der Waals surface area contributed by atoms with Gasteiger partial charge >= 0.3 is 0 Å². The Hall–Kier alpha value is -1.20. The lowest BCUT2D eigenvalue weighted by Crippen LogP contribution is -2.21. The number of benzene rings is 1. The Balaban J connectivity index is 2.14. The van der Waals surface area contributed by atoms with Gasteiger partial charge in [-0.2, -0.15) is 0 Å². The number of hydrogen-bond acceptors (Lipinski definition) is 4. The van der Waals surface area contributed by atoms with Gasteiger partial charge in [-0.1, -0.05) is 18.7 Å². The average molecular weight is 251 g/mol. The molecule has 3 N–H and O–H groups in total. The molecule has 1 heterocycles. The molecule has 1 atom stereocenters. The summed E-state index contributed by atoms with van der Waals surface area (Å²) in [5.74, 6) is 1.72. The van der Waals surface area contributed by atoms with Crippen molar-refractivity contribution in [1.29, 1.82) is 0 Å². The van der Waals surface area contributed by atoms with Crippen LogP contribution in [0.2, 0.25) is 0 Å². The molecule has 0 saturated carbocycles. The number of fused-ring (bicyclic) bond motifs is 1. The molecule has 0 bridgehead atoms. The monoisotopic (exact) mass is 251 g/mol. The van der Waals surface area contributed by atoms with Gasteiger partial charge in [-0.3, -0.25) is 0 Å². The van der Waals surface area contributed by atoms with E-state index in [1.54, 1.807) is 18.9 Å². The number of imidazole rings is 1. The number of nitrogens with two attached hydrogens (primary N) is 1. The maximum atomic E-state index is 5.88. The molecule has 92 valence electrons. The zero-order chi connectivity index (χ0) is 12.3. The first kappa shape index (κ1) is 12.3. The second-order valence-corrected chi connectivity index (χ2v) is 4.91. The summed E-state index contributed by atoms with van der Waals surface area (Å²) in [5, 5.41) is 0.914. The number of ether oxygens (including phenoxy) is 1. The molecule has 5 heteroatoms. The zero-order valence-electron chi connectivity index (χ0n) is 10.1. The number of nitrogens with zero attached hydrogens (tertiary/aromatic N) is 1. The van der Waals surface area contributed by atoms with Crippen LogP contribution in [0, 0.1) is 0 Å². The molecular weight excluding hydrogens is 234 g/mol. The molecule has 1 aromatic carbocycles. The fraction of sp³-hybridized carbons (Fsp3) is 0.417. The van der Waals surface area contributed by atoms with E-state index in [1.165, 1.54) is 0 Å². The number of aromatic amines is 1. The molecule has 0 spiro atoms. The van der Waals surface area contributed by atoms with Crippen LogP contribution in [0.15, 0.2) is 23.4 Å². The van der Waals surface area contributed by atoms with Gasteiger partial charge in [0, 0.05) is 17.9 Å². The lowest BCUT2D eigenvalue weighted by molar-refractivity contribution is 0.415. The first-order chi connectivity index (χ1) is 8.22. The van der Waals surface area contributed by atoms with Gasteiger partial charge < -0.3 is 15.5 Å². The highest BCUT2D eigenvalue weighted by molar-refractivity contribution is 7.99. The highest BCUT2D eigenvalue weighted by atomic mass is 32.2. The summed E-state index contributed by atoms with van der Waals surface area (Å²) in [6.07, 6.45) is 0.987. The number of hydrogen-bond donors (Lipinski definition) is 2. The molecule has 0 aliphatic carbocycles. The van der Waals surface area contributed by atoms with Crippen molar-refractivity contribution in [3.05, 3.63) is 18.2 Å². The fourth-order valence-corrected chi connectivity index (χ4v) is 2.42. The molecule has 2 rings (SSSR count). The van der Waals surface area contributed by atoms with Crippen molar-refractivity contribution in [1.82, 2.24) is 9.97 Å². The van der Waals surface area contributed by atoms with Crippen molar-refractivity contribution in [2.45, 2.75) is 24.5 Å². The Morgan fingerprint density at radius 2 is 2.35 bits per heavy atom. The lowest BCUT2D eigenvalue weighted by Gasteiger charge is -2.05. The van der Waals surface area contributed by atoms with Crippen molar-refractivity contribution < 1.29 is 4.74 Å². The van der Waals surface area contributed by atoms with Crippen molar-refractivity contribution >= 4 is 22.8 Å². The second kappa shape index (κ2) is 5.42. The third kappa shape index (κ3) is 2.92. The number of methoxy groups -OCH3 is 1. The topological polar surface area (TPSA) is 63.9 Å². The first-order valence-electron chi connectivity index (χ1n) is 5.65. The van der Waals surface area contributed by atoms with Gasteiger partial charge in [0.15, 0.2) is 5.16 Å². The molecule has 17 heavy (non-hydrogen) atoms. The molecule has 0 aliphatic heterocycles. The zero-order valence-corrected chi connectivity index (χ0v) is 10.9. The lowest BCUT2D eigenvalue weighted by atomic mass is 10.3. The van der Waals surface area contributed by atoms with Gasteiger partial charge in [0.05, 0.1) is 18.1 Å². The largest absolute Gasteiger partial charge is 0.497 e. The first-order valence-corrected chi connectivity index (χ1v) is 6.63. The van der Waals surface area contributed by atoms with E-state index in [0.29, 0.717) is 0 Å². The predicted octanol–water partition coefficient (Wildman–Crippen LogP) is 2.40. The van der Waals surface area contributed by atoms with E-state index >= 15 is 0 Å². The minimum absolute atomic E-state index is 0.225. The average Bonchev–Trinajstić information content (AvgIpc) is 2.77. The van der Waals surface area contributed by atoms with Gasteiger partial charge in [-0.05, 0) is 18.6 Å². The van der Waals surface area contributed by atoms with E-state index in [-0.39, 0.29) is 6.04 Å². The van der Waals surface area contributed by atoms with E-state index in [1.807, 2.05) is 18.2 Å². The molecule has 0 saturated heterocycles. The van der Waals surface area contributed by atoms with Gasteiger partial charge in [-0.25, -0.2) is 4.98 Å².